The molecule has 0 spiro atoms. The van der Waals surface area contributed by atoms with E-state index in [1.165, 1.54) is 88.5 Å². The van der Waals surface area contributed by atoms with Crippen LogP contribution in [0.3, 0.4) is 0 Å². The highest BCUT2D eigenvalue weighted by Gasteiger charge is 2.19. The molecule has 0 radical (unpaired) electrons. The maximum absolute atomic E-state index is 9.15. The Hall–Kier alpha value is -11.2. The van der Waals surface area contributed by atoms with Crippen LogP contribution in [0.4, 0.5) is 0 Å². The molecule has 0 unspecified atom stereocenters. The second kappa shape index (κ2) is 29.3. The van der Waals surface area contributed by atoms with Crippen LogP contribution in [0.15, 0.2) is 355 Å². The van der Waals surface area contributed by atoms with Crippen LogP contribution < -0.4 is 5.46 Å². The van der Waals surface area contributed by atoms with Crippen LogP contribution in [-0.2, 0) is 0 Å². The monoisotopic (exact) mass is 1520 g/mol. The Bertz CT molecular complexity index is 6200. The SMILES string of the molecule is Brc1cc(Br)cc(-c2cc(-c3ccc(-c4ccccc4)cc3)nc(-c3ccccc3)n2)c1.OB(O)c1ccc2sc3ccccc3c2c1.c1ccc(-c2ccc(-c3cc(-c4cc(-c5ccc6sc7ccccc7c6c5)cc(-c5ccc6sc7ccccc7c6c5)c4)nc(-c4ccccc4)n3)cc2)cc1. The molecule has 12 heteroatoms. The van der Waals surface area contributed by atoms with Gasteiger partial charge >= 0.3 is 7.12 Å². The van der Waals surface area contributed by atoms with Crippen molar-refractivity contribution in [2.75, 3.05) is 0 Å². The van der Waals surface area contributed by atoms with Crippen LogP contribution in [0.25, 0.3) is 173 Å². The molecule has 14 aromatic carbocycles. The Kier molecular flexibility index (Phi) is 18.6. The summed E-state index contributed by atoms with van der Waals surface area (Å²) < 4.78 is 9.60. The van der Waals surface area contributed by atoms with Gasteiger partial charge < -0.3 is 10.0 Å². The molecule has 0 atom stereocenters. The van der Waals surface area contributed by atoms with E-state index in [1.807, 2.05) is 108 Å². The molecule has 6 nitrogen and oxygen atoms in total. The fraction of sp³-hybridized carbons (Fsp3) is 0. The summed E-state index contributed by atoms with van der Waals surface area (Å²) in [5, 5.41) is 25.7. The summed E-state index contributed by atoms with van der Waals surface area (Å²) in [4.78, 5) is 20.3. The average Bonchev–Trinajstić information content (AvgIpc) is 1.44. The van der Waals surface area contributed by atoms with Gasteiger partial charge in [-0.15, -0.1) is 34.0 Å². The van der Waals surface area contributed by atoms with E-state index in [9.17, 15) is 0 Å². The van der Waals surface area contributed by atoms with E-state index in [2.05, 4.69) is 287 Å². The molecule has 0 aliphatic carbocycles. The fourth-order valence-corrected chi connectivity index (χ4v) is 17.9. The molecule has 0 aliphatic rings. The maximum Gasteiger partial charge on any atom is 0.488 e. The minimum absolute atomic E-state index is 0.538. The molecule has 494 valence electrons. The Morgan fingerprint density at radius 1 is 0.212 bits per heavy atom. The zero-order valence-corrected chi connectivity index (χ0v) is 61.3. The van der Waals surface area contributed by atoms with E-state index in [-0.39, 0.29) is 0 Å². The van der Waals surface area contributed by atoms with Gasteiger partial charge in [0, 0.05) is 97.5 Å². The van der Waals surface area contributed by atoms with E-state index >= 15 is 0 Å². The Labute approximate surface area is 630 Å². The minimum Gasteiger partial charge on any atom is -0.423 e. The second-order valence-corrected chi connectivity index (χ2v) is 30.4. The van der Waals surface area contributed by atoms with Crippen LogP contribution in [0.2, 0.25) is 0 Å². The number of aromatic nitrogens is 4. The van der Waals surface area contributed by atoms with Crippen molar-refractivity contribution in [3.8, 4) is 112 Å². The lowest BCUT2D eigenvalue weighted by molar-refractivity contribution is 0.426. The normalized spacial score (nSPS) is 11.3. The Morgan fingerprint density at radius 3 is 0.894 bits per heavy atom. The van der Waals surface area contributed by atoms with Crippen LogP contribution >= 0.6 is 65.9 Å². The molecular formula is C92H59BBr2N4O2S3. The first-order chi connectivity index (χ1) is 51.1. The molecule has 0 fully saturated rings. The lowest BCUT2D eigenvalue weighted by atomic mass is 9.80. The first-order valence-corrected chi connectivity index (χ1v) is 38.1. The first-order valence-electron chi connectivity index (χ1n) is 34.0. The van der Waals surface area contributed by atoms with Crippen molar-refractivity contribution in [3.05, 3.63) is 355 Å². The van der Waals surface area contributed by atoms with Gasteiger partial charge in [-0.3, -0.25) is 0 Å². The van der Waals surface area contributed by atoms with Crippen LogP contribution in [0, 0.1) is 0 Å². The Balaban J connectivity index is 0.000000139. The highest BCUT2D eigenvalue weighted by atomic mass is 79.9. The fourth-order valence-electron chi connectivity index (χ4n) is 13.4. The first kappa shape index (κ1) is 66.1. The number of fused-ring (bicyclic) bond motifs is 9. The maximum atomic E-state index is 9.15. The van der Waals surface area contributed by atoms with E-state index < -0.39 is 7.12 Å². The van der Waals surface area contributed by atoms with E-state index in [1.54, 1.807) is 17.4 Å². The number of thiophene rings is 3. The molecule has 0 saturated heterocycles. The van der Waals surface area contributed by atoms with Crippen molar-refractivity contribution in [1.82, 2.24) is 19.9 Å². The number of nitrogens with zero attached hydrogens (tertiary/aromatic N) is 4. The summed E-state index contributed by atoms with van der Waals surface area (Å²) in [6.45, 7) is 0. The molecule has 5 aromatic heterocycles. The van der Waals surface area contributed by atoms with Gasteiger partial charge in [-0.2, -0.15) is 0 Å². The standard InChI is InChI=1S/C52H32N2S2.C28H18Br2N2.C12H9BO2S/c1-3-11-33(12-4-1)34-19-21-35(22-20-34)46-32-47(54-52(53-46)36-13-5-2-6-14-36)41-28-39(37-23-25-50-44(30-37)42-15-7-9-17-48(42)55-50)27-40(29-41)38-24-26-51-45(31-38)43-16-8-10-18-49(43)56-51;29-24-15-23(16-25(30)17-24)27-18-26(31-28(32-27)22-9-5-2-6-10-22)21-13-11-20(12-14-21)19-7-3-1-4-8-19;14-13(15)8-5-6-12-10(7-8)9-3-1-2-4-11(9)16-12/h1-32H;1-18H;1-7,14-15H. The summed E-state index contributed by atoms with van der Waals surface area (Å²) in [6.07, 6.45) is 0. The minimum atomic E-state index is -1.40. The van der Waals surface area contributed by atoms with Crippen LogP contribution in [-0.4, -0.2) is 37.1 Å². The molecule has 19 aromatic rings. The van der Waals surface area contributed by atoms with Crippen LogP contribution in [0.1, 0.15) is 0 Å². The molecule has 2 N–H and O–H groups in total. The molecule has 5 heterocycles. The molecule has 0 amide bonds. The predicted molar refractivity (Wildman–Crippen MR) is 449 cm³/mol. The van der Waals surface area contributed by atoms with Gasteiger partial charge in [0.15, 0.2) is 11.6 Å². The molecule has 0 aliphatic heterocycles. The third-order valence-corrected chi connectivity index (χ3v) is 23.0. The van der Waals surface area contributed by atoms with Gasteiger partial charge in [-0.1, -0.05) is 281 Å². The zero-order valence-electron chi connectivity index (χ0n) is 55.7. The highest BCUT2D eigenvalue weighted by Crippen LogP contribution is 2.43. The van der Waals surface area contributed by atoms with E-state index in [4.69, 9.17) is 30.0 Å². The van der Waals surface area contributed by atoms with E-state index in [0.29, 0.717) is 17.1 Å². The second-order valence-electron chi connectivity index (χ2n) is 25.3. The van der Waals surface area contributed by atoms with Crippen molar-refractivity contribution < 1.29 is 10.0 Å². The molecule has 19 rings (SSSR count). The third kappa shape index (κ3) is 14.0. The Morgan fingerprint density at radius 2 is 0.500 bits per heavy atom. The van der Waals surface area contributed by atoms with Crippen LogP contribution in [0.5, 0.6) is 0 Å². The zero-order chi connectivity index (χ0) is 70.0. The summed E-state index contributed by atoms with van der Waals surface area (Å²) in [7, 11) is -1.40. The molecule has 0 saturated carbocycles. The molecular weight excluding hydrogens is 1460 g/mol. The van der Waals surface area contributed by atoms with Crippen molar-refractivity contribution in [1.29, 1.82) is 0 Å². The summed E-state index contributed by atoms with van der Waals surface area (Å²) in [5.41, 5.74) is 19.6. The molecule has 104 heavy (non-hydrogen) atoms. The number of benzene rings is 14. The summed E-state index contributed by atoms with van der Waals surface area (Å²) >= 11 is 12.6. The predicted octanol–water partition coefficient (Wildman–Crippen LogP) is 25.6. The quantitative estimate of drug-likeness (QED) is 0.125. The lowest BCUT2D eigenvalue weighted by Gasteiger charge is -2.14. The third-order valence-electron chi connectivity index (χ3n) is 18.6. The van der Waals surface area contributed by atoms with Gasteiger partial charge in [-0.05, 0) is 152 Å². The number of hydrogen-bond acceptors (Lipinski definition) is 9. The van der Waals surface area contributed by atoms with Crippen molar-refractivity contribution in [3.63, 3.8) is 0 Å². The summed E-state index contributed by atoms with van der Waals surface area (Å²) in [6, 6.07) is 121. The van der Waals surface area contributed by atoms with Gasteiger partial charge in [-0.25, -0.2) is 19.9 Å². The molecule has 0 bridgehead atoms. The smallest absolute Gasteiger partial charge is 0.423 e. The van der Waals surface area contributed by atoms with Crippen molar-refractivity contribution in [2.45, 2.75) is 0 Å². The van der Waals surface area contributed by atoms with Crippen molar-refractivity contribution >= 4 is 139 Å². The van der Waals surface area contributed by atoms with Gasteiger partial charge in [0.05, 0.1) is 22.8 Å². The van der Waals surface area contributed by atoms with Crippen molar-refractivity contribution in [2.24, 2.45) is 0 Å². The highest BCUT2D eigenvalue weighted by molar-refractivity contribution is 9.11. The number of rotatable bonds is 11. The van der Waals surface area contributed by atoms with Gasteiger partial charge in [0.1, 0.15) is 0 Å². The summed E-state index contributed by atoms with van der Waals surface area (Å²) in [5.74, 6) is 1.41. The largest absolute Gasteiger partial charge is 0.488 e. The van der Waals surface area contributed by atoms with Gasteiger partial charge in [0.25, 0.3) is 0 Å². The number of halogens is 2. The topological polar surface area (TPSA) is 92.0 Å². The lowest BCUT2D eigenvalue weighted by Crippen LogP contribution is -2.29. The number of hydrogen-bond donors (Lipinski definition) is 2. The van der Waals surface area contributed by atoms with Gasteiger partial charge in [0.2, 0.25) is 0 Å². The average molecular weight is 1520 g/mol. The van der Waals surface area contributed by atoms with E-state index in [0.717, 1.165) is 81.6 Å².